The molecule has 76 valence electrons. The average molecular weight is 236 g/mol. The van der Waals surface area contributed by atoms with Crippen molar-refractivity contribution in [2.45, 2.75) is 0 Å². The van der Waals surface area contributed by atoms with Crippen LogP contribution in [0, 0.1) is 0 Å². The first-order chi connectivity index (χ1) is 7.34. The highest BCUT2D eigenvalue weighted by atomic mass is 32.1. The molecule has 2 rings (SSSR count). The first kappa shape index (κ1) is 10.1. The van der Waals surface area contributed by atoms with Gasteiger partial charge in [0.25, 0.3) is 0 Å². The fourth-order valence-electron chi connectivity index (χ4n) is 0.976. The molecule has 0 radical (unpaired) electrons. The molecular formula is C10H8N2OS2. The van der Waals surface area contributed by atoms with Crippen LogP contribution in [0.15, 0.2) is 35.2 Å². The maximum atomic E-state index is 11.4. The average Bonchev–Trinajstić information content (AvgIpc) is 2.86. The Morgan fingerprint density at radius 3 is 3.00 bits per heavy atom. The third-order valence-electron chi connectivity index (χ3n) is 1.60. The number of thiophene rings is 1. The van der Waals surface area contributed by atoms with E-state index in [0.29, 0.717) is 5.13 Å². The minimum Gasteiger partial charge on any atom is -0.298 e. The number of thiazole rings is 1. The van der Waals surface area contributed by atoms with E-state index in [1.165, 1.54) is 17.4 Å². The molecule has 2 heterocycles. The van der Waals surface area contributed by atoms with Crippen LogP contribution in [-0.4, -0.2) is 10.9 Å². The van der Waals surface area contributed by atoms with Crippen LogP contribution in [0.4, 0.5) is 5.13 Å². The zero-order chi connectivity index (χ0) is 10.5. The number of carbonyl (C=O) groups is 1. The maximum absolute atomic E-state index is 11.4. The van der Waals surface area contributed by atoms with Gasteiger partial charge in [-0.2, -0.15) is 0 Å². The Kier molecular flexibility index (Phi) is 3.26. The topological polar surface area (TPSA) is 42.0 Å². The molecule has 0 spiro atoms. The number of hydrogen-bond acceptors (Lipinski definition) is 4. The number of nitrogens with zero attached hydrogens (tertiary/aromatic N) is 1. The summed E-state index contributed by atoms with van der Waals surface area (Å²) in [5, 5.41) is 7.08. The van der Waals surface area contributed by atoms with E-state index in [1.54, 1.807) is 23.6 Å². The van der Waals surface area contributed by atoms with Crippen LogP contribution >= 0.6 is 22.7 Å². The molecule has 0 aromatic carbocycles. The third kappa shape index (κ3) is 3.00. The normalized spacial score (nSPS) is 10.7. The molecule has 5 heteroatoms. The zero-order valence-electron chi connectivity index (χ0n) is 7.71. The van der Waals surface area contributed by atoms with E-state index in [2.05, 4.69) is 10.3 Å². The van der Waals surface area contributed by atoms with Crippen molar-refractivity contribution in [3.05, 3.63) is 40.0 Å². The molecule has 0 unspecified atom stereocenters. The van der Waals surface area contributed by atoms with E-state index in [1.807, 2.05) is 22.9 Å². The predicted molar refractivity (Wildman–Crippen MR) is 64.1 cm³/mol. The molecule has 0 aliphatic heterocycles. The van der Waals surface area contributed by atoms with Gasteiger partial charge in [-0.25, -0.2) is 4.98 Å². The molecule has 2 aromatic rings. The van der Waals surface area contributed by atoms with Crippen molar-refractivity contribution in [3.8, 4) is 0 Å². The summed E-state index contributed by atoms with van der Waals surface area (Å²) >= 11 is 2.99. The van der Waals surface area contributed by atoms with Gasteiger partial charge in [0.05, 0.1) is 0 Å². The SMILES string of the molecule is O=C(C=Cc1cccs1)Nc1nccs1. The Hall–Kier alpha value is -1.46. The van der Waals surface area contributed by atoms with Gasteiger partial charge in [0.1, 0.15) is 0 Å². The fourth-order valence-corrected chi connectivity index (χ4v) is 2.13. The molecule has 2 aromatic heterocycles. The molecule has 0 aliphatic rings. The summed E-state index contributed by atoms with van der Waals surface area (Å²) in [4.78, 5) is 16.4. The van der Waals surface area contributed by atoms with E-state index < -0.39 is 0 Å². The van der Waals surface area contributed by atoms with E-state index in [9.17, 15) is 4.79 Å². The Morgan fingerprint density at radius 1 is 1.40 bits per heavy atom. The monoisotopic (exact) mass is 236 g/mol. The number of amides is 1. The number of aromatic nitrogens is 1. The third-order valence-corrected chi connectivity index (χ3v) is 3.13. The summed E-state index contributed by atoms with van der Waals surface area (Å²) < 4.78 is 0. The van der Waals surface area contributed by atoms with Gasteiger partial charge in [-0.15, -0.1) is 22.7 Å². The Balaban J connectivity index is 1.93. The maximum Gasteiger partial charge on any atom is 0.250 e. The van der Waals surface area contributed by atoms with Crippen molar-refractivity contribution in [1.82, 2.24) is 4.98 Å². The van der Waals surface area contributed by atoms with Crippen molar-refractivity contribution < 1.29 is 4.79 Å². The van der Waals surface area contributed by atoms with Crippen molar-refractivity contribution in [2.24, 2.45) is 0 Å². The van der Waals surface area contributed by atoms with E-state index in [4.69, 9.17) is 0 Å². The van der Waals surface area contributed by atoms with E-state index in [-0.39, 0.29) is 5.91 Å². The second-order valence-corrected chi connectivity index (χ2v) is 4.55. The van der Waals surface area contributed by atoms with Crippen LogP contribution in [0.25, 0.3) is 6.08 Å². The Bertz CT molecular complexity index is 446. The molecule has 0 saturated carbocycles. The number of nitrogens with one attached hydrogen (secondary N) is 1. The zero-order valence-corrected chi connectivity index (χ0v) is 9.35. The predicted octanol–water partition coefficient (Wildman–Crippen LogP) is 2.86. The lowest BCUT2D eigenvalue weighted by molar-refractivity contribution is -0.111. The van der Waals surface area contributed by atoms with Gasteiger partial charge in [0.2, 0.25) is 5.91 Å². The van der Waals surface area contributed by atoms with Gasteiger partial charge in [-0.3, -0.25) is 10.1 Å². The van der Waals surface area contributed by atoms with Gasteiger partial charge >= 0.3 is 0 Å². The molecule has 0 saturated heterocycles. The van der Waals surface area contributed by atoms with Crippen molar-refractivity contribution in [1.29, 1.82) is 0 Å². The van der Waals surface area contributed by atoms with Crippen LogP contribution in [0.5, 0.6) is 0 Å². The highest BCUT2D eigenvalue weighted by Crippen LogP contribution is 2.12. The first-order valence-corrected chi connectivity index (χ1v) is 6.02. The number of anilines is 1. The van der Waals surface area contributed by atoms with Gasteiger partial charge in [0.15, 0.2) is 5.13 Å². The summed E-state index contributed by atoms with van der Waals surface area (Å²) in [6, 6.07) is 3.90. The lowest BCUT2D eigenvalue weighted by Gasteiger charge is -1.93. The number of carbonyl (C=O) groups excluding carboxylic acids is 1. The number of rotatable bonds is 3. The fraction of sp³-hybridized carbons (Fsp3) is 0. The van der Waals surface area contributed by atoms with E-state index in [0.717, 1.165) is 4.88 Å². The van der Waals surface area contributed by atoms with Crippen LogP contribution in [0.1, 0.15) is 4.88 Å². The Morgan fingerprint density at radius 2 is 2.33 bits per heavy atom. The molecule has 1 amide bonds. The van der Waals surface area contributed by atoms with Crippen molar-refractivity contribution in [2.75, 3.05) is 5.32 Å². The van der Waals surface area contributed by atoms with Crippen molar-refractivity contribution in [3.63, 3.8) is 0 Å². The quantitative estimate of drug-likeness (QED) is 0.833. The largest absolute Gasteiger partial charge is 0.298 e. The van der Waals surface area contributed by atoms with Crippen molar-refractivity contribution >= 4 is 39.8 Å². The molecule has 15 heavy (non-hydrogen) atoms. The highest BCUT2D eigenvalue weighted by Gasteiger charge is 1.98. The summed E-state index contributed by atoms with van der Waals surface area (Å²) in [5.74, 6) is -0.154. The molecule has 0 bridgehead atoms. The summed E-state index contributed by atoms with van der Waals surface area (Å²) in [5.41, 5.74) is 0. The van der Waals surface area contributed by atoms with Gasteiger partial charge in [-0.05, 0) is 17.5 Å². The minimum absolute atomic E-state index is 0.154. The van der Waals surface area contributed by atoms with Gasteiger partial charge in [0, 0.05) is 22.5 Å². The van der Waals surface area contributed by atoms with Crippen LogP contribution in [-0.2, 0) is 4.79 Å². The lowest BCUT2D eigenvalue weighted by atomic mass is 10.4. The minimum atomic E-state index is -0.154. The van der Waals surface area contributed by atoms with E-state index >= 15 is 0 Å². The van der Waals surface area contributed by atoms with Gasteiger partial charge in [-0.1, -0.05) is 6.07 Å². The lowest BCUT2D eigenvalue weighted by Crippen LogP contribution is -2.06. The summed E-state index contributed by atoms with van der Waals surface area (Å²) in [6.45, 7) is 0. The van der Waals surface area contributed by atoms with Crippen LogP contribution in [0.2, 0.25) is 0 Å². The Labute approximate surface area is 95.1 Å². The standard InChI is InChI=1S/C10H8N2OS2/c13-9(12-10-11-5-7-15-10)4-3-8-2-1-6-14-8/h1-7H,(H,11,12,13). The van der Waals surface area contributed by atoms with Gasteiger partial charge < -0.3 is 0 Å². The molecule has 0 fully saturated rings. The molecule has 3 nitrogen and oxygen atoms in total. The first-order valence-electron chi connectivity index (χ1n) is 4.26. The number of hydrogen-bond donors (Lipinski definition) is 1. The summed E-state index contributed by atoms with van der Waals surface area (Å²) in [7, 11) is 0. The highest BCUT2D eigenvalue weighted by molar-refractivity contribution is 7.13. The summed E-state index contributed by atoms with van der Waals surface area (Å²) in [6.07, 6.45) is 4.95. The molecule has 1 N–H and O–H groups in total. The molecule has 0 atom stereocenters. The molecule has 0 aliphatic carbocycles. The molecular weight excluding hydrogens is 228 g/mol. The second-order valence-electron chi connectivity index (χ2n) is 2.68. The van der Waals surface area contributed by atoms with Crippen LogP contribution < -0.4 is 5.32 Å². The smallest absolute Gasteiger partial charge is 0.250 e. The van der Waals surface area contributed by atoms with Crippen LogP contribution in [0.3, 0.4) is 0 Å². The second kappa shape index (κ2) is 4.86.